The van der Waals surface area contributed by atoms with Gasteiger partial charge in [0.2, 0.25) is 0 Å². The number of amides is 1. The Morgan fingerprint density at radius 1 is 1.28 bits per heavy atom. The highest BCUT2D eigenvalue weighted by molar-refractivity contribution is 6.30. The Bertz CT molecular complexity index is 824. The van der Waals surface area contributed by atoms with Crippen molar-refractivity contribution in [1.82, 2.24) is 5.32 Å². The van der Waals surface area contributed by atoms with Crippen LogP contribution in [-0.2, 0) is 11.2 Å². The van der Waals surface area contributed by atoms with Gasteiger partial charge in [0.15, 0.2) is 0 Å². The van der Waals surface area contributed by atoms with Gasteiger partial charge in [-0.05, 0) is 48.7 Å². The van der Waals surface area contributed by atoms with Crippen molar-refractivity contribution in [3.8, 4) is 11.8 Å². The maximum absolute atomic E-state index is 12.1. The number of hydrogen-bond donors (Lipinski definition) is 3. The maximum atomic E-state index is 12.1. The zero-order chi connectivity index (χ0) is 18.2. The summed E-state index contributed by atoms with van der Waals surface area (Å²) in [5.41, 5.74) is 2.64. The Kier molecular flexibility index (Phi) is 6.44. The lowest BCUT2D eigenvalue weighted by Gasteiger charge is -2.08. The van der Waals surface area contributed by atoms with Crippen LogP contribution in [0.3, 0.4) is 0 Å². The van der Waals surface area contributed by atoms with Crippen LogP contribution in [0, 0.1) is 18.3 Å². The number of phenolic OH excluding ortho intramolecular Hbond substituents is 1. The molecule has 0 unspecified atom stereocenters. The summed E-state index contributed by atoms with van der Waals surface area (Å²) in [5, 5.41) is 24.6. The van der Waals surface area contributed by atoms with E-state index in [1.54, 1.807) is 36.4 Å². The van der Waals surface area contributed by atoms with Crippen molar-refractivity contribution >= 4 is 23.2 Å². The summed E-state index contributed by atoms with van der Waals surface area (Å²) < 4.78 is 0. The van der Waals surface area contributed by atoms with Crippen molar-refractivity contribution in [3.05, 3.63) is 70.4 Å². The smallest absolute Gasteiger partial charge is 0.263 e. The minimum absolute atomic E-state index is 0.0231. The highest BCUT2D eigenvalue weighted by Gasteiger charge is 2.08. The molecule has 0 radical (unpaired) electrons. The number of phenols is 1. The van der Waals surface area contributed by atoms with Gasteiger partial charge in [-0.2, -0.15) is 5.26 Å². The third-order valence-corrected chi connectivity index (χ3v) is 3.81. The molecule has 0 aliphatic rings. The predicted molar refractivity (Wildman–Crippen MR) is 98.3 cm³/mol. The van der Waals surface area contributed by atoms with Crippen LogP contribution in [0.4, 0.5) is 5.69 Å². The van der Waals surface area contributed by atoms with Crippen LogP contribution in [0.1, 0.15) is 11.1 Å². The molecule has 2 rings (SSSR count). The number of aryl methyl sites for hydroxylation is 1. The summed E-state index contributed by atoms with van der Waals surface area (Å²) >= 11 is 5.94. The Morgan fingerprint density at radius 3 is 2.68 bits per heavy atom. The minimum Gasteiger partial charge on any atom is -0.508 e. The number of carbonyl (C=O) groups is 1. The van der Waals surface area contributed by atoms with E-state index in [4.69, 9.17) is 11.6 Å². The van der Waals surface area contributed by atoms with E-state index in [0.29, 0.717) is 18.0 Å². The summed E-state index contributed by atoms with van der Waals surface area (Å²) in [7, 11) is 0. The van der Waals surface area contributed by atoms with Crippen molar-refractivity contribution in [2.45, 2.75) is 13.3 Å². The van der Waals surface area contributed by atoms with Crippen molar-refractivity contribution in [2.24, 2.45) is 0 Å². The van der Waals surface area contributed by atoms with Gasteiger partial charge in [0.1, 0.15) is 17.4 Å². The van der Waals surface area contributed by atoms with Gasteiger partial charge in [-0.15, -0.1) is 0 Å². The number of halogens is 1. The van der Waals surface area contributed by atoms with E-state index in [-0.39, 0.29) is 11.3 Å². The number of nitrogens with one attached hydrogen (secondary N) is 2. The largest absolute Gasteiger partial charge is 0.508 e. The molecule has 0 aliphatic heterocycles. The lowest BCUT2D eigenvalue weighted by atomic mass is 10.1. The first-order valence-electron chi connectivity index (χ1n) is 7.68. The Morgan fingerprint density at radius 2 is 2.00 bits per heavy atom. The molecule has 5 nitrogen and oxygen atoms in total. The standard InChI is InChI=1S/C19H18ClN3O2/c1-13-2-5-16(20)10-18(13)23-12-15(11-21)19(25)22-9-8-14-3-6-17(24)7-4-14/h2-7,10,12,23-24H,8-9H2,1H3,(H,22,25)/b15-12-. The third-order valence-electron chi connectivity index (χ3n) is 3.57. The van der Waals surface area contributed by atoms with E-state index in [9.17, 15) is 15.2 Å². The summed E-state index contributed by atoms with van der Waals surface area (Å²) in [4.78, 5) is 12.1. The number of carbonyl (C=O) groups excluding carboxylic acids is 1. The van der Waals surface area contributed by atoms with E-state index >= 15 is 0 Å². The van der Waals surface area contributed by atoms with Crippen LogP contribution in [0.15, 0.2) is 54.2 Å². The predicted octanol–water partition coefficient (Wildman–Crippen LogP) is 3.53. The van der Waals surface area contributed by atoms with Crippen molar-refractivity contribution < 1.29 is 9.90 Å². The molecule has 3 N–H and O–H groups in total. The molecule has 0 heterocycles. The van der Waals surface area contributed by atoms with Crippen molar-refractivity contribution in [3.63, 3.8) is 0 Å². The molecule has 2 aromatic carbocycles. The van der Waals surface area contributed by atoms with Gasteiger partial charge >= 0.3 is 0 Å². The normalized spacial score (nSPS) is 10.8. The van der Waals surface area contributed by atoms with Gasteiger partial charge in [-0.25, -0.2) is 0 Å². The van der Waals surface area contributed by atoms with Gasteiger partial charge in [-0.1, -0.05) is 29.8 Å². The SMILES string of the molecule is Cc1ccc(Cl)cc1N/C=C(/C#N)C(=O)NCCc1ccc(O)cc1. The van der Waals surface area contributed by atoms with Crippen molar-refractivity contribution in [2.75, 3.05) is 11.9 Å². The van der Waals surface area contributed by atoms with Crippen molar-refractivity contribution in [1.29, 1.82) is 5.26 Å². The van der Waals surface area contributed by atoms with Gasteiger partial charge in [0.25, 0.3) is 5.91 Å². The fourth-order valence-electron chi connectivity index (χ4n) is 2.13. The molecule has 2 aromatic rings. The van der Waals surface area contributed by atoms with E-state index in [2.05, 4.69) is 10.6 Å². The number of hydrogen-bond acceptors (Lipinski definition) is 4. The molecule has 0 spiro atoms. The minimum atomic E-state index is -0.451. The fourth-order valence-corrected chi connectivity index (χ4v) is 2.30. The Hall–Kier alpha value is -2.97. The zero-order valence-corrected chi connectivity index (χ0v) is 14.5. The monoisotopic (exact) mass is 355 g/mol. The van der Waals surface area contributed by atoms with Crippen LogP contribution < -0.4 is 10.6 Å². The molecule has 25 heavy (non-hydrogen) atoms. The Balaban J connectivity index is 1.92. The highest BCUT2D eigenvalue weighted by Crippen LogP contribution is 2.20. The van der Waals surface area contributed by atoms with Gasteiger partial charge in [0.05, 0.1) is 0 Å². The number of benzene rings is 2. The molecule has 0 bridgehead atoms. The average molecular weight is 356 g/mol. The number of nitrogens with zero attached hydrogens (tertiary/aromatic N) is 1. The molecule has 6 heteroatoms. The number of nitriles is 1. The van der Waals surface area contributed by atoms with E-state index in [0.717, 1.165) is 16.8 Å². The number of anilines is 1. The molecule has 0 saturated heterocycles. The first kappa shape index (κ1) is 18.4. The first-order chi connectivity index (χ1) is 12.0. The van der Waals surface area contributed by atoms with Crippen LogP contribution in [0.2, 0.25) is 5.02 Å². The van der Waals surface area contributed by atoms with Gasteiger partial charge in [0, 0.05) is 23.5 Å². The van der Waals surface area contributed by atoms with Crippen LogP contribution >= 0.6 is 11.6 Å². The molecule has 0 aromatic heterocycles. The van der Waals surface area contributed by atoms with Crippen LogP contribution in [0.25, 0.3) is 0 Å². The average Bonchev–Trinajstić information content (AvgIpc) is 2.60. The molecule has 0 aliphatic carbocycles. The molecule has 0 saturated carbocycles. The molecule has 0 atom stereocenters. The fraction of sp³-hybridized carbons (Fsp3) is 0.158. The quantitative estimate of drug-likeness (QED) is 0.546. The third kappa shape index (κ3) is 5.55. The van der Waals surface area contributed by atoms with E-state index < -0.39 is 5.91 Å². The number of rotatable bonds is 6. The summed E-state index contributed by atoms with van der Waals surface area (Å²) in [6.45, 7) is 2.29. The lowest BCUT2D eigenvalue weighted by molar-refractivity contribution is -0.117. The molecule has 0 fully saturated rings. The van der Waals surface area contributed by atoms with Gasteiger partial charge < -0.3 is 15.7 Å². The summed E-state index contributed by atoms with van der Waals surface area (Å²) in [5.74, 6) is -0.252. The maximum Gasteiger partial charge on any atom is 0.263 e. The van der Waals surface area contributed by atoms with E-state index in [1.165, 1.54) is 6.20 Å². The van der Waals surface area contributed by atoms with Gasteiger partial charge in [-0.3, -0.25) is 4.79 Å². The van der Waals surface area contributed by atoms with E-state index in [1.807, 2.05) is 19.1 Å². The van der Waals surface area contributed by atoms with Crippen LogP contribution in [0.5, 0.6) is 5.75 Å². The lowest BCUT2D eigenvalue weighted by Crippen LogP contribution is -2.27. The zero-order valence-electron chi connectivity index (χ0n) is 13.7. The first-order valence-corrected chi connectivity index (χ1v) is 8.06. The molecule has 128 valence electrons. The summed E-state index contributed by atoms with van der Waals surface area (Å²) in [6, 6.07) is 14.0. The second kappa shape index (κ2) is 8.76. The van der Waals surface area contributed by atoms with Crippen LogP contribution in [-0.4, -0.2) is 17.6 Å². The second-order valence-corrected chi connectivity index (χ2v) is 5.88. The second-order valence-electron chi connectivity index (χ2n) is 5.45. The number of aromatic hydroxyl groups is 1. The summed E-state index contributed by atoms with van der Waals surface area (Å²) in [6.07, 6.45) is 1.97. The molecular formula is C19H18ClN3O2. The Labute approximate surface area is 151 Å². The molecular weight excluding hydrogens is 338 g/mol. The molecule has 1 amide bonds. The topological polar surface area (TPSA) is 85.2 Å². The highest BCUT2D eigenvalue weighted by atomic mass is 35.5.